The van der Waals surface area contributed by atoms with Crippen molar-refractivity contribution in [2.75, 3.05) is 22.9 Å². The van der Waals surface area contributed by atoms with Gasteiger partial charge in [0.2, 0.25) is 21.6 Å². The summed E-state index contributed by atoms with van der Waals surface area (Å²) in [6.45, 7) is -0.847. The quantitative estimate of drug-likeness (QED) is 0.112. The van der Waals surface area contributed by atoms with E-state index in [4.69, 9.17) is 33.7 Å². The highest BCUT2D eigenvalue weighted by Gasteiger charge is 2.23. The lowest BCUT2D eigenvalue weighted by molar-refractivity contribution is 0.103. The molecule has 4 N–H and O–H groups in total. The Morgan fingerprint density at radius 2 is 1.79 bits per heavy atom. The first-order valence-corrected chi connectivity index (χ1v) is 14.7. The number of aromatic amines is 1. The number of halogens is 6. The zero-order chi connectivity index (χ0) is 31.1. The van der Waals surface area contributed by atoms with Gasteiger partial charge in [0, 0.05) is 23.0 Å². The number of sulfonamides is 1. The smallest absolute Gasteiger partial charge is 0.232 e. The number of nitrogens with two attached hydrogens (primary N) is 1. The minimum Gasteiger partial charge on any atom is -0.454 e. The average Bonchev–Trinajstić information content (AvgIpc) is 3.52. The van der Waals surface area contributed by atoms with Crippen LogP contribution in [0.2, 0.25) is 10.0 Å². The van der Waals surface area contributed by atoms with E-state index in [0.29, 0.717) is 0 Å². The van der Waals surface area contributed by atoms with Crippen LogP contribution in [0, 0.1) is 17.5 Å². The molecule has 9 nitrogen and oxygen atoms in total. The van der Waals surface area contributed by atoms with Crippen LogP contribution in [0.4, 0.5) is 29.1 Å². The zero-order valence-electron chi connectivity index (χ0n) is 21.6. The number of fused-ring (bicyclic) bond motifs is 1. The maximum Gasteiger partial charge on any atom is 0.232 e. The lowest BCUT2D eigenvalue weighted by Gasteiger charge is -2.13. The Morgan fingerprint density at radius 1 is 1.07 bits per heavy atom. The van der Waals surface area contributed by atoms with Crippen LogP contribution >= 0.6 is 23.2 Å². The largest absolute Gasteiger partial charge is 0.454 e. The highest BCUT2D eigenvalue weighted by atomic mass is 35.5. The highest BCUT2D eigenvalue weighted by Crippen LogP contribution is 2.37. The number of aromatic nitrogens is 3. The number of ketones is 1. The summed E-state index contributed by atoms with van der Waals surface area (Å²) in [5, 5.41) is 4.28. The van der Waals surface area contributed by atoms with E-state index in [0.717, 1.165) is 23.0 Å². The molecule has 0 aliphatic carbocycles. The van der Waals surface area contributed by atoms with E-state index in [1.54, 1.807) is 0 Å². The van der Waals surface area contributed by atoms with E-state index in [-0.39, 0.29) is 61.6 Å². The summed E-state index contributed by atoms with van der Waals surface area (Å²) in [7, 11) is -4.00. The van der Waals surface area contributed by atoms with Gasteiger partial charge in [-0.25, -0.2) is 21.9 Å². The van der Waals surface area contributed by atoms with Crippen LogP contribution in [0.3, 0.4) is 0 Å². The number of benzene rings is 3. The third kappa shape index (κ3) is 6.12. The highest BCUT2D eigenvalue weighted by molar-refractivity contribution is 7.92. The summed E-state index contributed by atoms with van der Waals surface area (Å²) in [4.78, 5) is 16.1. The second-order valence-corrected chi connectivity index (χ2v) is 11.8. The van der Waals surface area contributed by atoms with Crippen LogP contribution in [0.25, 0.3) is 16.6 Å². The van der Waals surface area contributed by atoms with Gasteiger partial charge < -0.3 is 15.5 Å². The van der Waals surface area contributed by atoms with Crippen molar-refractivity contribution in [3.8, 4) is 17.2 Å². The Bertz CT molecular complexity index is 1980. The molecule has 0 spiro atoms. The Labute approximate surface area is 251 Å². The molecule has 16 heteroatoms. The van der Waals surface area contributed by atoms with Gasteiger partial charge in [0.1, 0.15) is 23.1 Å². The fourth-order valence-electron chi connectivity index (χ4n) is 4.17. The first kappa shape index (κ1) is 30.2. The Balaban J connectivity index is 1.42. The molecule has 0 saturated carbocycles. The number of carbonyl (C=O) groups is 1. The minimum absolute atomic E-state index is 0.0142. The number of nitrogens with zero attached hydrogens (tertiary/aromatic N) is 2. The second-order valence-electron chi connectivity index (χ2n) is 9.14. The van der Waals surface area contributed by atoms with Crippen LogP contribution in [0.15, 0.2) is 54.7 Å². The zero-order valence-corrected chi connectivity index (χ0v) is 23.9. The van der Waals surface area contributed by atoms with Crippen molar-refractivity contribution < 1.29 is 35.5 Å². The monoisotopic (exact) mass is 655 g/mol. The number of carbonyl (C=O) groups excluding carboxylic acids is 1. The van der Waals surface area contributed by atoms with Crippen LogP contribution < -0.4 is 15.2 Å². The average molecular weight is 656 g/mol. The van der Waals surface area contributed by atoms with E-state index in [2.05, 4.69) is 14.8 Å². The molecule has 0 amide bonds. The third-order valence-corrected chi connectivity index (χ3v) is 8.10. The van der Waals surface area contributed by atoms with Crippen molar-refractivity contribution in [1.29, 1.82) is 0 Å². The van der Waals surface area contributed by atoms with Crippen molar-refractivity contribution in [1.82, 2.24) is 14.8 Å². The molecule has 224 valence electrons. The first-order valence-electron chi connectivity index (χ1n) is 12.3. The molecule has 3 aromatic carbocycles. The van der Waals surface area contributed by atoms with E-state index in [1.165, 1.54) is 36.4 Å². The van der Waals surface area contributed by atoms with Crippen molar-refractivity contribution in [2.45, 2.75) is 6.42 Å². The van der Waals surface area contributed by atoms with Crippen molar-refractivity contribution in [3.63, 3.8) is 0 Å². The molecule has 43 heavy (non-hydrogen) atoms. The maximum absolute atomic E-state index is 14.6. The molecule has 0 aliphatic heterocycles. The molecule has 5 aromatic rings. The molecular weight excluding hydrogens is 637 g/mol. The van der Waals surface area contributed by atoms with Gasteiger partial charge in [0.05, 0.1) is 45.6 Å². The Hall–Kier alpha value is -4.27. The Kier molecular flexibility index (Phi) is 8.27. The van der Waals surface area contributed by atoms with Gasteiger partial charge in [-0.05, 0) is 36.8 Å². The van der Waals surface area contributed by atoms with Crippen molar-refractivity contribution in [3.05, 3.63) is 93.5 Å². The fraction of sp³-hybridized carbons (Fsp3) is 0.111. The lowest BCUT2D eigenvalue weighted by Crippen LogP contribution is -2.17. The van der Waals surface area contributed by atoms with E-state index < -0.39 is 51.4 Å². The summed E-state index contributed by atoms with van der Waals surface area (Å²) < 4.78 is 87.3. The predicted molar refractivity (Wildman–Crippen MR) is 154 cm³/mol. The third-order valence-electron chi connectivity index (χ3n) is 6.16. The number of hydrogen-bond acceptors (Lipinski definition) is 6. The van der Waals surface area contributed by atoms with E-state index >= 15 is 0 Å². The van der Waals surface area contributed by atoms with Crippen molar-refractivity contribution in [2.24, 2.45) is 0 Å². The molecule has 0 aliphatic rings. The number of anilines is 2. The molecule has 2 heterocycles. The van der Waals surface area contributed by atoms with Gasteiger partial charge in [-0.1, -0.05) is 29.3 Å². The van der Waals surface area contributed by atoms with Crippen LogP contribution in [-0.4, -0.2) is 41.4 Å². The SMILES string of the molecule is Nc1c(C(=O)c2cc3cc(F)c(NS(=O)(=O)CCCF)cc3[nH]2)cnn1-c1c(Cl)cc(Oc2cccc(F)c2F)cc1Cl. The first-order chi connectivity index (χ1) is 20.4. The predicted octanol–water partition coefficient (Wildman–Crippen LogP) is 6.78. The molecule has 2 aromatic heterocycles. The van der Waals surface area contributed by atoms with E-state index in [1.807, 2.05) is 0 Å². The maximum atomic E-state index is 14.6. The van der Waals surface area contributed by atoms with Gasteiger partial charge in [-0.2, -0.15) is 9.49 Å². The number of alkyl halides is 1. The number of rotatable bonds is 10. The molecule has 0 bridgehead atoms. The van der Waals surface area contributed by atoms with Crippen LogP contribution in [-0.2, 0) is 10.0 Å². The lowest BCUT2D eigenvalue weighted by atomic mass is 10.1. The van der Waals surface area contributed by atoms with Gasteiger partial charge in [-0.15, -0.1) is 0 Å². The summed E-state index contributed by atoms with van der Waals surface area (Å²) in [6, 6.07) is 9.48. The molecule has 0 fully saturated rings. The molecule has 0 radical (unpaired) electrons. The summed E-state index contributed by atoms with van der Waals surface area (Å²) in [5.41, 5.74) is 6.05. The molecular formula is C27H19Cl2F4N5O4S. The summed E-state index contributed by atoms with van der Waals surface area (Å²) >= 11 is 12.8. The number of ether oxygens (including phenoxy) is 1. The summed E-state index contributed by atoms with van der Waals surface area (Å²) in [5.74, 6) is -4.96. The van der Waals surface area contributed by atoms with Crippen LogP contribution in [0.1, 0.15) is 22.5 Å². The van der Waals surface area contributed by atoms with Crippen molar-refractivity contribution >= 4 is 61.4 Å². The molecule has 0 saturated heterocycles. The normalized spacial score (nSPS) is 11.7. The number of hydrogen-bond donors (Lipinski definition) is 3. The second kappa shape index (κ2) is 11.8. The van der Waals surface area contributed by atoms with Gasteiger partial charge in [0.15, 0.2) is 11.6 Å². The summed E-state index contributed by atoms with van der Waals surface area (Å²) in [6.07, 6.45) is 0.909. The Morgan fingerprint density at radius 3 is 2.49 bits per heavy atom. The topological polar surface area (TPSA) is 132 Å². The fourth-order valence-corrected chi connectivity index (χ4v) is 5.88. The number of H-pyrrole nitrogens is 1. The number of nitrogen functional groups attached to an aromatic ring is 1. The van der Waals surface area contributed by atoms with Gasteiger partial charge in [-0.3, -0.25) is 13.9 Å². The molecule has 0 unspecified atom stereocenters. The number of nitrogens with one attached hydrogen (secondary N) is 2. The van der Waals surface area contributed by atoms with Gasteiger partial charge in [0.25, 0.3) is 0 Å². The van der Waals surface area contributed by atoms with Crippen LogP contribution in [0.5, 0.6) is 11.5 Å². The molecule has 0 atom stereocenters. The standard InChI is InChI=1S/C27H19Cl2F4N5O4S/c28-16-9-14(42-23-4-1-3-18(31)24(23)33)10-17(29)25(16)38-27(34)15(12-35-38)26(39)22-8-13-7-19(32)21(11-20(13)36-22)37-43(40,41)6-2-5-30/h1,3-4,7-12,36-37H,2,5-6,34H2. The van der Waals surface area contributed by atoms with E-state index in [9.17, 15) is 30.8 Å². The van der Waals surface area contributed by atoms with Gasteiger partial charge >= 0.3 is 0 Å². The molecule has 5 rings (SSSR count). The minimum atomic E-state index is -4.00.